The molecule has 0 saturated heterocycles. The Labute approximate surface area is 94.3 Å². The van der Waals surface area contributed by atoms with Crippen LogP contribution in [0, 0.1) is 5.21 Å². The standard InChI is InChI=1S/C9H3Cl2NO3/c10-5-6(11)9(14)7-4(8(5)13)2-1-3-12(7)15/h1-3H. The van der Waals surface area contributed by atoms with E-state index in [0.29, 0.717) is 4.73 Å². The molecule has 6 heteroatoms. The van der Waals surface area contributed by atoms with Gasteiger partial charge in [0.2, 0.25) is 5.78 Å². The lowest BCUT2D eigenvalue weighted by molar-refractivity contribution is -0.607. The van der Waals surface area contributed by atoms with Crippen LogP contribution in [0.1, 0.15) is 20.8 Å². The van der Waals surface area contributed by atoms with Crippen LogP contribution in [0.3, 0.4) is 0 Å². The van der Waals surface area contributed by atoms with Crippen molar-refractivity contribution < 1.29 is 14.3 Å². The van der Waals surface area contributed by atoms with Crippen molar-refractivity contribution >= 4 is 34.8 Å². The number of carbonyl (C=O) groups excluding carboxylic acids is 2. The van der Waals surface area contributed by atoms with Gasteiger partial charge in [-0.3, -0.25) is 9.59 Å². The summed E-state index contributed by atoms with van der Waals surface area (Å²) < 4.78 is 0.307. The normalized spacial score (nSPS) is 15.6. The van der Waals surface area contributed by atoms with Crippen molar-refractivity contribution in [3.05, 3.63) is 44.9 Å². The Balaban J connectivity index is 2.79. The molecule has 2 rings (SSSR count). The first-order valence-corrected chi connectivity index (χ1v) is 4.66. The number of allylic oxidation sites excluding steroid dienone is 2. The van der Waals surface area contributed by atoms with Gasteiger partial charge in [-0.2, -0.15) is 4.73 Å². The molecule has 1 aliphatic rings. The zero-order chi connectivity index (χ0) is 11.2. The maximum absolute atomic E-state index is 11.5. The Morgan fingerprint density at radius 2 is 1.73 bits per heavy atom. The third-order valence-corrected chi connectivity index (χ3v) is 2.83. The van der Waals surface area contributed by atoms with E-state index in [9.17, 15) is 14.8 Å². The van der Waals surface area contributed by atoms with E-state index >= 15 is 0 Å². The number of fused-ring (bicyclic) bond motifs is 1. The molecule has 0 aliphatic heterocycles. The average Bonchev–Trinajstić information content (AvgIpc) is 2.23. The molecule has 0 spiro atoms. The van der Waals surface area contributed by atoms with Crippen molar-refractivity contribution in [2.75, 3.05) is 0 Å². The number of pyridine rings is 1. The highest BCUT2D eigenvalue weighted by Gasteiger charge is 2.36. The quantitative estimate of drug-likeness (QED) is 0.511. The van der Waals surface area contributed by atoms with Crippen LogP contribution in [0.25, 0.3) is 0 Å². The summed E-state index contributed by atoms with van der Waals surface area (Å²) in [5.41, 5.74) is -0.302. The first-order valence-electron chi connectivity index (χ1n) is 3.91. The Morgan fingerprint density at radius 1 is 1.13 bits per heavy atom. The molecule has 4 nitrogen and oxygen atoms in total. The molecule has 0 unspecified atom stereocenters. The predicted molar refractivity (Wildman–Crippen MR) is 52.8 cm³/mol. The van der Waals surface area contributed by atoms with Gasteiger partial charge < -0.3 is 5.21 Å². The summed E-state index contributed by atoms with van der Waals surface area (Å²) >= 11 is 11.1. The molecule has 0 saturated carbocycles. The van der Waals surface area contributed by atoms with E-state index in [1.165, 1.54) is 12.1 Å². The SMILES string of the molecule is O=C1C(Cl)=C(Cl)C(=O)c2c1ccc[n+]2[O-]. The Kier molecular flexibility index (Phi) is 2.25. The van der Waals surface area contributed by atoms with Crippen molar-refractivity contribution in [3.8, 4) is 0 Å². The summed E-state index contributed by atoms with van der Waals surface area (Å²) in [7, 11) is 0. The van der Waals surface area contributed by atoms with Gasteiger partial charge in [0.15, 0.2) is 6.20 Å². The number of nitrogens with zero attached hydrogens (tertiary/aromatic N) is 1. The summed E-state index contributed by atoms with van der Waals surface area (Å²) in [6.45, 7) is 0. The summed E-state index contributed by atoms with van der Waals surface area (Å²) in [6, 6.07) is 2.72. The zero-order valence-corrected chi connectivity index (χ0v) is 8.67. The van der Waals surface area contributed by atoms with Crippen molar-refractivity contribution in [1.82, 2.24) is 0 Å². The van der Waals surface area contributed by atoms with Crippen LogP contribution in [0.2, 0.25) is 0 Å². The molecule has 0 bridgehead atoms. The second kappa shape index (κ2) is 3.32. The first kappa shape index (κ1) is 10.1. The molecule has 76 valence electrons. The highest BCUT2D eigenvalue weighted by molar-refractivity contribution is 6.59. The molecule has 0 radical (unpaired) electrons. The number of hydrogen-bond donors (Lipinski definition) is 0. The molecule has 0 amide bonds. The van der Waals surface area contributed by atoms with Gasteiger partial charge in [0.25, 0.3) is 11.5 Å². The smallest absolute Gasteiger partial charge is 0.277 e. The minimum Gasteiger partial charge on any atom is -0.618 e. The monoisotopic (exact) mass is 243 g/mol. The number of rotatable bonds is 0. The third kappa shape index (κ3) is 1.33. The molecule has 0 atom stereocenters. The van der Waals surface area contributed by atoms with Crippen LogP contribution in [-0.4, -0.2) is 11.6 Å². The largest absolute Gasteiger partial charge is 0.618 e. The van der Waals surface area contributed by atoms with E-state index in [-0.39, 0.29) is 16.3 Å². The van der Waals surface area contributed by atoms with E-state index < -0.39 is 16.6 Å². The number of carbonyl (C=O) groups is 2. The molecule has 1 aliphatic carbocycles. The second-order valence-corrected chi connectivity index (χ2v) is 3.64. The van der Waals surface area contributed by atoms with Crippen LogP contribution in [0.4, 0.5) is 0 Å². The van der Waals surface area contributed by atoms with E-state index in [1.54, 1.807) is 0 Å². The van der Waals surface area contributed by atoms with E-state index in [1.807, 2.05) is 0 Å². The van der Waals surface area contributed by atoms with E-state index in [2.05, 4.69) is 0 Å². The van der Waals surface area contributed by atoms with Crippen molar-refractivity contribution in [3.63, 3.8) is 0 Å². The van der Waals surface area contributed by atoms with Gasteiger partial charge in [0, 0.05) is 6.07 Å². The summed E-state index contributed by atoms with van der Waals surface area (Å²) in [5.74, 6) is -1.34. The van der Waals surface area contributed by atoms with Gasteiger partial charge in [-0.15, -0.1) is 0 Å². The van der Waals surface area contributed by atoms with Crippen molar-refractivity contribution in [2.45, 2.75) is 0 Å². The Bertz CT molecular complexity index is 522. The molecule has 1 aromatic rings. The minimum atomic E-state index is -0.730. The average molecular weight is 244 g/mol. The highest BCUT2D eigenvalue weighted by atomic mass is 35.5. The van der Waals surface area contributed by atoms with Gasteiger partial charge in [-0.1, -0.05) is 23.2 Å². The summed E-state index contributed by atoms with van der Waals surface area (Å²) in [6.07, 6.45) is 1.12. The lowest BCUT2D eigenvalue weighted by atomic mass is 10.00. The fourth-order valence-corrected chi connectivity index (χ4v) is 1.68. The van der Waals surface area contributed by atoms with Crippen LogP contribution in [0.5, 0.6) is 0 Å². The fourth-order valence-electron chi connectivity index (χ4n) is 1.32. The number of aromatic nitrogens is 1. The molecule has 1 aromatic heterocycles. The Morgan fingerprint density at radius 3 is 2.40 bits per heavy atom. The summed E-state index contributed by atoms with van der Waals surface area (Å²) in [5, 5.41) is 10.5. The molecule has 0 aromatic carbocycles. The molecule has 0 N–H and O–H groups in total. The number of Topliss-reactive ketones (excluding diaryl/α,β-unsaturated/α-hetero) is 2. The van der Waals surface area contributed by atoms with Crippen LogP contribution in [0.15, 0.2) is 28.4 Å². The zero-order valence-electron chi connectivity index (χ0n) is 7.16. The van der Waals surface area contributed by atoms with E-state index in [0.717, 1.165) is 6.20 Å². The fraction of sp³-hybridized carbons (Fsp3) is 0. The third-order valence-electron chi connectivity index (χ3n) is 2.01. The minimum absolute atomic E-state index is 0.0214. The van der Waals surface area contributed by atoms with Crippen LogP contribution < -0.4 is 4.73 Å². The Hall–Kier alpha value is -1.39. The van der Waals surface area contributed by atoms with Gasteiger partial charge in [0.05, 0.1) is 0 Å². The summed E-state index contributed by atoms with van der Waals surface area (Å²) in [4.78, 5) is 23.1. The first-order chi connectivity index (χ1) is 7.04. The van der Waals surface area contributed by atoms with Crippen LogP contribution in [-0.2, 0) is 0 Å². The van der Waals surface area contributed by atoms with Gasteiger partial charge in [0.1, 0.15) is 15.6 Å². The topological polar surface area (TPSA) is 61.1 Å². The second-order valence-electron chi connectivity index (χ2n) is 2.88. The molecular weight excluding hydrogens is 241 g/mol. The molecule has 0 fully saturated rings. The van der Waals surface area contributed by atoms with Gasteiger partial charge in [-0.05, 0) is 6.07 Å². The molecular formula is C9H3Cl2NO3. The van der Waals surface area contributed by atoms with Crippen LogP contribution >= 0.6 is 23.2 Å². The van der Waals surface area contributed by atoms with Crippen molar-refractivity contribution in [2.24, 2.45) is 0 Å². The van der Waals surface area contributed by atoms with Gasteiger partial charge in [-0.25, -0.2) is 0 Å². The molecule has 1 heterocycles. The number of hydrogen-bond acceptors (Lipinski definition) is 3. The van der Waals surface area contributed by atoms with Gasteiger partial charge >= 0.3 is 0 Å². The molecule has 15 heavy (non-hydrogen) atoms. The van der Waals surface area contributed by atoms with Crippen molar-refractivity contribution in [1.29, 1.82) is 0 Å². The number of ketones is 2. The predicted octanol–water partition coefficient (Wildman–Crippen LogP) is 1.39. The number of halogens is 2. The maximum Gasteiger partial charge on any atom is 0.277 e. The lowest BCUT2D eigenvalue weighted by Gasteiger charge is -2.12. The highest BCUT2D eigenvalue weighted by Crippen LogP contribution is 2.28. The lowest BCUT2D eigenvalue weighted by Crippen LogP contribution is -2.38. The van der Waals surface area contributed by atoms with E-state index in [4.69, 9.17) is 23.2 Å². The maximum atomic E-state index is 11.5.